The fourth-order valence-corrected chi connectivity index (χ4v) is 1.91. The van der Waals surface area contributed by atoms with Crippen LogP contribution >= 0.6 is 0 Å². The second-order valence-electron chi connectivity index (χ2n) is 4.44. The van der Waals surface area contributed by atoms with Crippen molar-refractivity contribution >= 4 is 5.91 Å². The molecule has 0 radical (unpaired) electrons. The second kappa shape index (κ2) is 9.20. The van der Waals surface area contributed by atoms with Crippen LogP contribution in [0.25, 0.3) is 0 Å². The van der Waals surface area contributed by atoms with E-state index >= 15 is 0 Å². The van der Waals surface area contributed by atoms with E-state index in [0.717, 1.165) is 0 Å². The van der Waals surface area contributed by atoms with Gasteiger partial charge < -0.3 is 24.6 Å². The molecule has 1 aromatic carbocycles. The van der Waals surface area contributed by atoms with E-state index in [1.165, 1.54) is 0 Å². The van der Waals surface area contributed by atoms with Gasteiger partial charge in [-0.3, -0.25) is 4.79 Å². The van der Waals surface area contributed by atoms with E-state index in [-0.39, 0.29) is 18.6 Å². The van der Waals surface area contributed by atoms with Crippen molar-refractivity contribution in [1.82, 2.24) is 5.32 Å². The number of carbonyl (C=O) groups excluding carboxylic acids is 1. The van der Waals surface area contributed by atoms with Crippen molar-refractivity contribution < 1.29 is 24.1 Å². The number of carbonyl (C=O) groups is 1. The highest BCUT2D eigenvalue weighted by atomic mass is 16.5. The third kappa shape index (κ3) is 5.24. The third-order valence-electron chi connectivity index (χ3n) is 2.91. The Kier molecular flexibility index (Phi) is 7.56. The highest BCUT2D eigenvalue weighted by Crippen LogP contribution is 2.28. The summed E-state index contributed by atoms with van der Waals surface area (Å²) in [6.45, 7) is 2.68. The number of benzene rings is 1. The van der Waals surface area contributed by atoms with Gasteiger partial charge in [0.15, 0.2) is 11.5 Å². The summed E-state index contributed by atoms with van der Waals surface area (Å²) in [6.07, 6.45) is 0.439. The highest BCUT2D eigenvalue weighted by molar-refractivity contribution is 5.95. The number of ether oxygens (including phenoxy) is 3. The summed E-state index contributed by atoms with van der Waals surface area (Å²) in [5.41, 5.74) is 0.471. The Morgan fingerprint density at radius 3 is 2.67 bits per heavy atom. The molecule has 118 valence electrons. The second-order valence-corrected chi connectivity index (χ2v) is 4.44. The molecule has 6 nitrogen and oxygen atoms in total. The number of hydrogen-bond acceptors (Lipinski definition) is 5. The molecule has 1 unspecified atom stereocenters. The van der Waals surface area contributed by atoms with Gasteiger partial charge in [0.1, 0.15) is 0 Å². The van der Waals surface area contributed by atoms with E-state index < -0.39 is 0 Å². The smallest absolute Gasteiger partial charge is 0.251 e. The van der Waals surface area contributed by atoms with Gasteiger partial charge in [-0.1, -0.05) is 0 Å². The van der Waals surface area contributed by atoms with Gasteiger partial charge in [0.05, 0.1) is 26.4 Å². The zero-order valence-electron chi connectivity index (χ0n) is 12.7. The van der Waals surface area contributed by atoms with Crippen LogP contribution in [-0.2, 0) is 4.74 Å². The van der Waals surface area contributed by atoms with Crippen molar-refractivity contribution in [3.05, 3.63) is 23.8 Å². The molecule has 0 spiro atoms. The van der Waals surface area contributed by atoms with Crippen LogP contribution in [0.4, 0.5) is 0 Å². The minimum atomic E-state index is -0.242. The van der Waals surface area contributed by atoms with Crippen molar-refractivity contribution in [2.24, 2.45) is 0 Å². The molecule has 0 aliphatic rings. The Morgan fingerprint density at radius 1 is 1.33 bits per heavy atom. The molecule has 0 fully saturated rings. The van der Waals surface area contributed by atoms with Crippen LogP contribution in [0.15, 0.2) is 18.2 Å². The molecule has 0 saturated heterocycles. The van der Waals surface area contributed by atoms with E-state index in [2.05, 4.69) is 5.32 Å². The molecule has 1 atom stereocenters. The maximum Gasteiger partial charge on any atom is 0.251 e. The van der Waals surface area contributed by atoms with Crippen LogP contribution in [0.1, 0.15) is 23.7 Å². The van der Waals surface area contributed by atoms with Crippen molar-refractivity contribution in [1.29, 1.82) is 0 Å². The minimum absolute atomic E-state index is 0.0128. The van der Waals surface area contributed by atoms with Gasteiger partial charge in [-0.25, -0.2) is 0 Å². The Balaban J connectivity index is 2.83. The lowest BCUT2D eigenvalue weighted by Gasteiger charge is -2.17. The first-order chi connectivity index (χ1) is 10.2. The normalized spacial score (nSPS) is 11.8. The molecule has 0 bridgehead atoms. The van der Waals surface area contributed by atoms with Crippen LogP contribution in [0, 0.1) is 0 Å². The molecule has 21 heavy (non-hydrogen) atoms. The maximum atomic E-state index is 12.2. The lowest BCUT2D eigenvalue weighted by Crippen LogP contribution is -2.38. The predicted octanol–water partition coefficient (Wildman–Crippen LogP) is 1.22. The fourth-order valence-electron chi connectivity index (χ4n) is 1.91. The lowest BCUT2D eigenvalue weighted by atomic mass is 10.1. The summed E-state index contributed by atoms with van der Waals surface area (Å²) in [5.74, 6) is 0.865. The molecular weight excluding hydrogens is 274 g/mol. The highest BCUT2D eigenvalue weighted by Gasteiger charge is 2.15. The first kappa shape index (κ1) is 17.3. The number of aliphatic hydroxyl groups excluding tert-OH is 1. The molecule has 0 saturated carbocycles. The van der Waals surface area contributed by atoms with Crippen molar-refractivity contribution in [2.75, 3.05) is 34.0 Å². The van der Waals surface area contributed by atoms with Gasteiger partial charge in [0, 0.05) is 19.3 Å². The third-order valence-corrected chi connectivity index (χ3v) is 2.91. The van der Waals surface area contributed by atoms with E-state index in [1.807, 2.05) is 6.92 Å². The summed E-state index contributed by atoms with van der Waals surface area (Å²) < 4.78 is 15.7. The van der Waals surface area contributed by atoms with Gasteiger partial charge in [-0.15, -0.1) is 0 Å². The molecule has 2 N–H and O–H groups in total. The van der Waals surface area contributed by atoms with Crippen LogP contribution in [0.3, 0.4) is 0 Å². The zero-order chi connectivity index (χ0) is 15.7. The summed E-state index contributed by atoms with van der Waals surface area (Å²) in [5, 5.41) is 11.8. The van der Waals surface area contributed by atoms with Crippen LogP contribution < -0.4 is 14.8 Å². The van der Waals surface area contributed by atoms with Crippen LogP contribution in [0.2, 0.25) is 0 Å². The molecule has 0 aliphatic heterocycles. The molecule has 1 rings (SSSR count). The Morgan fingerprint density at radius 2 is 2.10 bits per heavy atom. The van der Waals surface area contributed by atoms with Gasteiger partial charge in [-0.2, -0.15) is 0 Å². The Bertz CT molecular complexity index is 444. The standard InChI is InChI=1S/C15H23NO5/c1-4-21-14-9-11(5-6-13(14)20-3)15(18)16-12(7-8-17)10-19-2/h5-6,9,12,17H,4,7-8,10H2,1-3H3,(H,16,18). The molecule has 1 aromatic rings. The number of nitrogens with one attached hydrogen (secondary N) is 1. The summed E-state index contributed by atoms with van der Waals surface area (Å²) in [4.78, 5) is 12.2. The van der Waals surface area contributed by atoms with Gasteiger partial charge >= 0.3 is 0 Å². The zero-order valence-corrected chi connectivity index (χ0v) is 12.7. The number of hydrogen-bond donors (Lipinski definition) is 2. The lowest BCUT2D eigenvalue weighted by molar-refractivity contribution is 0.0878. The quantitative estimate of drug-likeness (QED) is 0.716. The average Bonchev–Trinajstić information content (AvgIpc) is 2.48. The predicted molar refractivity (Wildman–Crippen MR) is 79.0 cm³/mol. The summed E-state index contributed by atoms with van der Waals surface area (Å²) >= 11 is 0. The molecule has 1 amide bonds. The van der Waals surface area contributed by atoms with Crippen molar-refractivity contribution in [3.63, 3.8) is 0 Å². The minimum Gasteiger partial charge on any atom is -0.493 e. The average molecular weight is 297 g/mol. The van der Waals surface area contributed by atoms with Crippen LogP contribution in [0.5, 0.6) is 11.5 Å². The SMILES string of the molecule is CCOc1cc(C(=O)NC(CCO)COC)ccc1OC. The van der Waals surface area contributed by atoms with E-state index in [4.69, 9.17) is 19.3 Å². The Labute approximate surface area is 125 Å². The summed E-state index contributed by atoms with van der Waals surface area (Å²) in [6, 6.07) is 4.77. The largest absolute Gasteiger partial charge is 0.493 e. The monoisotopic (exact) mass is 297 g/mol. The topological polar surface area (TPSA) is 77.0 Å². The van der Waals surface area contributed by atoms with Crippen LogP contribution in [-0.4, -0.2) is 51.1 Å². The number of rotatable bonds is 9. The van der Waals surface area contributed by atoms with E-state index in [9.17, 15) is 4.79 Å². The number of amides is 1. The molecule has 6 heteroatoms. The first-order valence-electron chi connectivity index (χ1n) is 6.87. The van der Waals surface area contributed by atoms with Crippen molar-refractivity contribution in [3.8, 4) is 11.5 Å². The number of methoxy groups -OCH3 is 2. The molecule has 0 heterocycles. The number of aliphatic hydroxyl groups is 1. The van der Waals surface area contributed by atoms with E-state index in [1.54, 1.807) is 32.4 Å². The van der Waals surface area contributed by atoms with Gasteiger partial charge in [-0.05, 0) is 31.5 Å². The Hall–Kier alpha value is -1.79. The first-order valence-corrected chi connectivity index (χ1v) is 6.87. The fraction of sp³-hybridized carbons (Fsp3) is 0.533. The van der Waals surface area contributed by atoms with Gasteiger partial charge in [0.25, 0.3) is 5.91 Å². The van der Waals surface area contributed by atoms with Crippen molar-refractivity contribution in [2.45, 2.75) is 19.4 Å². The van der Waals surface area contributed by atoms with E-state index in [0.29, 0.717) is 36.7 Å². The molecule has 0 aromatic heterocycles. The maximum absolute atomic E-state index is 12.2. The van der Waals surface area contributed by atoms with Gasteiger partial charge in [0.2, 0.25) is 0 Å². The molecule has 0 aliphatic carbocycles. The molecular formula is C15H23NO5. The summed E-state index contributed by atoms with van der Waals surface area (Å²) in [7, 11) is 3.10.